The van der Waals surface area contributed by atoms with Crippen molar-refractivity contribution < 1.29 is 9.53 Å². The van der Waals surface area contributed by atoms with Crippen LogP contribution in [0.1, 0.15) is 18.3 Å². The molecule has 0 bridgehead atoms. The third-order valence-electron chi connectivity index (χ3n) is 3.64. The van der Waals surface area contributed by atoms with Crippen LogP contribution in [0.15, 0.2) is 47.8 Å². The van der Waals surface area contributed by atoms with Crippen LogP contribution in [0.4, 0.5) is 5.69 Å². The van der Waals surface area contributed by atoms with E-state index in [1.54, 1.807) is 25.3 Å². The van der Waals surface area contributed by atoms with Crippen molar-refractivity contribution in [1.82, 2.24) is 20.2 Å². The SMILES string of the molecule is Cc1ccccc1OCc1nc(S[C@@H](C)C(=O)Nc2cccnc2Cl)n[nH]1. The fraction of sp³-hybridized carbons (Fsp3) is 0.222. The molecule has 1 amide bonds. The zero-order valence-electron chi connectivity index (χ0n) is 14.8. The summed E-state index contributed by atoms with van der Waals surface area (Å²) in [7, 11) is 0. The van der Waals surface area contributed by atoms with Crippen molar-refractivity contribution in [2.45, 2.75) is 30.9 Å². The second-order valence-corrected chi connectivity index (χ2v) is 7.38. The number of H-pyrrole nitrogens is 1. The van der Waals surface area contributed by atoms with Crippen LogP contribution in [0.5, 0.6) is 5.75 Å². The zero-order chi connectivity index (χ0) is 19.2. The average Bonchev–Trinajstić information content (AvgIpc) is 3.10. The number of carbonyl (C=O) groups excluding carboxylic acids is 1. The molecule has 140 valence electrons. The van der Waals surface area contributed by atoms with E-state index >= 15 is 0 Å². The summed E-state index contributed by atoms with van der Waals surface area (Å²) < 4.78 is 5.74. The quantitative estimate of drug-likeness (QED) is 0.459. The first-order valence-corrected chi connectivity index (χ1v) is 9.46. The van der Waals surface area contributed by atoms with Crippen LogP contribution < -0.4 is 10.1 Å². The molecule has 27 heavy (non-hydrogen) atoms. The van der Waals surface area contributed by atoms with Gasteiger partial charge in [0.15, 0.2) is 11.0 Å². The smallest absolute Gasteiger partial charge is 0.237 e. The van der Waals surface area contributed by atoms with E-state index in [-0.39, 0.29) is 17.7 Å². The summed E-state index contributed by atoms with van der Waals surface area (Å²) in [5.74, 6) is 1.17. The molecule has 0 aliphatic carbocycles. The monoisotopic (exact) mass is 403 g/mol. The Morgan fingerprint density at radius 3 is 2.93 bits per heavy atom. The van der Waals surface area contributed by atoms with E-state index in [1.165, 1.54) is 11.8 Å². The molecule has 0 spiro atoms. The number of hydrogen-bond donors (Lipinski definition) is 2. The Morgan fingerprint density at radius 1 is 1.33 bits per heavy atom. The second-order valence-electron chi connectivity index (χ2n) is 5.71. The number of aromatic nitrogens is 4. The van der Waals surface area contributed by atoms with Crippen molar-refractivity contribution in [2.24, 2.45) is 0 Å². The Kier molecular flexibility index (Phi) is 6.31. The molecule has 7 nitrogen and oxygen atoms in total. The molecule has 1 aromatic carbocycles. The van der Waals surface area contributed by atoms with Crippen LogP contribution in [0.3, 0.4) is 0 Å². The lowest BCUT2D eigenvalue weighted by Gasteiger charge is -2.10. The summed E-state index contributed by atoms with van der Waals surface area (Å²) in [5.41, 5.74) is 1.52. The highest BCUT2D eigenvalue weighted by Crippen LogP contribution is 2.23. The third kappa shape index (κ3) is 5.21. The zero-order valence-corrected chi connectivity index (χ0v) is 16.3. The molecule has 9 heteroatoms. The molecule has 3 rings (SSSR count). The molecule has 3 aromatic rings. The van der Waals surface area contributed by atoms with Crippen LogP contribution in [0, 0.1) is 6.92 Å². The van der Waals surface area contributed by atoms with Crippen LogP contribution in [0.2, 0.25) is 5.15 Å². The number of halogens is 1. The number of amides is 1. The topological polar surface area (TPSA) is 92.8 Å². The molecule has 2 aromatic heterocycles. The Bertz CT molecular complexity index is 933. The van der Waals surface area contributed by atoms with Gasteiger partial charge in [-0.1, -0.05) is 41.6 Å². The maximum absolute atomic E-state index is 12.3. The van der Waals surface area contributed by atoms with Gasteiger partial charge in [0.05, 0.1) is 10.9 Å². The standard InChI is InChI=1S/C18H18ClN5O2S/c1-11-6-3-4-8-14(11)26-10-15-22-18(24-23-15)27-12(2)17(25)21-13-7-5-9-20-16(13)19/h3-9,12H,10H2,1-2H3,(H,21,25)(H,22,23,24)/t12-/m0/s1. The van der Waals surface area contributed by atoms with Crippen molar-refractivity contribution >= 4 is 35.0 Å². The fourth-order valence-corrected chi connectivity index (χ4v) is 3.09. The largest absolute Gasteiger partial charge is 0.485 e. The third-order valence-corrected chi connectivity index (χ3v) is 4.90. The Labute approximate surface area is 165 Å². The van der Waals surface area contributed by atoms with Gasteiger partial charge in [-0.15, -0.1) is 5.10 Å². The number of rotatable bonds is 7. The molecule has 0 aliphatic rings. The van der Waals surface area contributed by atoms with Gasteiger partial charge in [-0.2, -0.15) is 0 Å². The number of anilines is 1. The first-order chi connectivity index (χ1) is 13.0. The molecule has 0 fully saturated rings. The predicted molar refractivity (Wildman–Crippen MR) is 105 cm³/mol. The first kappa shape index (κ1) is 19.2. The molecular formula is C18H18ClN5O2S. The number of benzene rings is 1. The highest BCUT2D eigenvalue weighted by atomic mass is 35.5. The van der Waals surface area contributed by atoms with E-state index in [1.807, 2.05) is 31.2 Å². The van der Waals surface area contributed by atoms with E-state index in [2.05, 4.69) is 25.5 Å². The van der Waals surface area contributed by atoms with E-state index < -0.39 is 5.25 Å². The lowest BCUT2D eigenvalue weighted by atomic mass is 10.2. The average molecular weight is 404 g/mol. The van der Waals surface area contributed by atoms with Crippen molar-refractivity contribution in [3.63, 3.8) is 0 Å². The lowest BCUT2D eigenvalue weighted by molar-refractivity contribution is -0.115. The molecule has 2 heterocycles. The van der Waals surface area contributed by atoms with E-state index in [9.17, 15) is 4.79 Å². The predicted octanol–water partition coefficient (Wildman–Crippen LogP) is 3.86. The Balaban J connectivity index is 1.54. The summed E-state index contributed by atoms with van der Waals surface area (Å²) in [6.07, 6.45) is 1.56. The van der Waals surface area contributed by atoms with Crippen molar-refractivity contribution in [1.29, 1.82) is 0 Å². The van der Waals surface area contributed by atoms with Gasteiger partial charge in [-0.3, -0.25) is 9.89 Å². The number of para-hydroxylation sites is 1. The molecule has 0 aliphatic heterocycles. The molecule has 0 saturated carbocycles. The van der Waals surface area contributed by atoms with Gasteiger partial charge >= 0.3 is 0 Å². The minimum absolute atomic E-state index is 0.211. The summed E-state index contributed by atoms with van der Waals surface area (Å²) in [6.45, 7) is 4.01. The number of ether oxygens (including phenoxy) is 1. The van der Waals surface area contributed by atoms with Gasteiger partial charge in [0, 0.05) is 6.20 Å². The number of carbonyl (C=O) groups is 1. The minimum atomic E-state index is -0.415. The number of aromatic amines is 1. The maximum atomic E-state index is 12.3. The first-order valence-electron chi connectivity index (χ1n) is 8.20. The van der Waals surface area contributed by atoms with Crippen LogP contribution in [0.25, 0.3) is 0 Å². The Morgan fingerprint density at radius 2 is 2.15 bits per heavy atom. The second kappa shape index (κ2) is 8.88. The van der Waals surface area contributed by atoms with Gasteiger partial charge in [0.25, 0.3) is 0 Å². The molecule has 0 unspecified atom stereocenters. The van der Waals surface area contributed by atoms with Gasteiger partial charge in [-0.05, 0) is 37.6 Å². The number of aryl methyl sites for hydroxylation is 1. The molecule has 0 radical (unpaired) electrons. The van der Waals surface area contributed by atoms with Gasteiger partial charge in [-0.25, -0.2) is 9.97 Å². The number of nitrogens with one attached hydrogen (secondary N) is 2. The van der Waals surface area contributed by atoms with Gasteiger partial charge in [0.2, 0.25) is 11.1 Å². The number of nitrogens with zero attached hydrogens (tertiary/aromatic N) is 3. The molecular weight excluding hydrogens is 386 g/mol. The van der Waals surface area contributed by atoms with Crippen LogP contribution in [-0.4, -0.2) is 31.3 Å². The molecule has 1 atom stereocenters. The number of hydrogen-bond acceptors (Lipinski definition) is 6. The number of thioether (sulfide) groups is 1. The minimum Gasteiger partial charge on any atom is -0.485 e. The Hall–Kier alpha value is -2.58. The highest BCUT2D eigenvalue weighted by molar-refractivity contribution is 8.00. The number of pyridine rings is 1. The van der Waals surface area contributed by atoms with E-state index in [0.717, 1.165) is 11.3 Å². The van der Waals surface area contributed by atoms with E-state index in [0.29, 0.717) is 16.7 Å². The van der Waals surface area contributed by atoms with E-state index in [4.69, 9.17) is 16.3 Å². The maximum Gasteiger partial charge on any atom is 0.237 e. The van der Waals surface area contributed by atoms with Crippen molar-refractivity contribution in [3.8, 4) is 5.75 Å². The highest BCUT2D eigenvalue weighted by Gasteiger charge is 2.18. The summed E-state index contributed by atoms with van der Waals surface area (Å²) in [5, 5.41) is 10.0. The molecule has 0 saturated heterocycles. The summed E-state index contributed by atoms with van der Waals surface area (Å²) in [4.78, 5) is 20.6. The lowest BCUT2D eigenvalue weighted by Crippen LogP contribution is -2.22. The molecule has 2 N–H and O–H groups in total. The fourth-order valence-electron chi connectivity index (χ4n) is 2.18. The van der Waals surface area contributed by atoms with Crippen LogP contribution >= 0.6 is 23.4 Å². The summed E-state index contributed by atoms with van der Waals surface area (Å²) in [6, 6.07) is 11.1. The van der Waals surface area contributed by atoms with Crippen LogP contribution in [-0.2, 0) is 11.4 Å². The summed E-state index contributed by atoms with van der Waals surface area (Å²) >= 11 is 7.19. The van der Waals surface area contributed by atoms with Gasteiger partial charge in [0.1, 0.15) is 12.4 Å². The van der Waals surface area contributed by atoms with Gasteiger partial charge < -0.3 is 10.1 Å². The normalized spacial score (nSPS) is 11.8. The van der Waals surface area contributed by atoms with Crippen molar-refractivity contribution in [3.05, 3.63) is 59.1 Å². The van der Waals surface area contributed by atoms with Crippen molar-refractivity contribution in [2.75, 3.05) is 5.32 Å².